The van der Waals surface area contributed by atoms with Crippen LogP contribution in [0.3, 0.4) is 0 Å². The van der Waals surface area contributed by atoms with Gasteiger partial charge in [0, 0.05) is 18.7 Å². The summed E-state index contributed by atoms with van der Waals surface area (Å²) in [6.07, 6.45) is 0.898. The molecule has 0 atom stereocenters. The van der Waals surface area contributed by atoms with Crippen molar-refractivity contribution in [1.82, 2.24) is 10.6 Å². The molecular formula is C25H28N4O7S2. The Bertz CT molecular complexity index is 1520. The van der Waals surface area contributed by atoms with Crippen molar-refractivity contribution in [3.63, 3.8) is 0 Å². The lowest BCUT2D eigenvalue weighted by Gasteiger charge is -2.12. The van der Waals surface area contributed by atoms with Crippen LogP contribution in [0.2, 0.25) is 0 Å². The fourth-order valence-corrected chi connectivity index (χ4v) is 4.59. The van der Waals surface area contributed by atoms with Crippen LogP contribution < -0.4 is 25.6 Å². The molecule has 0 spiro atoms. The average Bonchev–Trinajstić information content (AvgIpc) is 2.87. The van der Waals surface area contributed by atoms with Gasteiger partial charge in [-0.1, -0.05) is 24.3 Å². The number of methoxy groups -OCH3 is 1. The topological polar surface area (TPSA) is 188 Å². The van der Waals surface area contributed by atoms with Crippen molar-refractivity contribution in [2.45, 2.75) is 22.6 Å². The van der Waals surface area contributed by atoms with Crippen molar-refractivity contribution in [3.8, 4) is 5.75 Å². The van der Waals surface area contributed by atoms with Gasteiger partial charge in [0.25, 0.3) is 11.8 Å². The maximum Gasteiger partial charge on any atom is 0.255 e. The van der Waals surface area contributed by atoms with Crippen LogP contribution in [0.5, 0.6) is 5.75 Å². The van der Waals surface area contributed by atoms with E-state index in [1.54, 1.807) is 30.3 Å². The van der Waals surface area contributed by atoms with E-state index in [4.69, 9.17) is 15.0 Å². The molecule has 0 aliphatic rings. The first-order chi connectivity index (χ1) is 17.9. The summed E-state index contributed by atoms with van der Waals surface area (Å²) in [5, 5.41) is 15.7. The van der Waals surface area contributed by atoms with Crippen LogP contribution in [0.4, 0.5) is 0 Å². The molecular weight excluding hydrogens is 532 g/mol. The third-order valence-corrected chi connectivity index (χ3v) is 7.47. The Kier molecular flexibility index (Phi) is 9.22. The highest BCUT2D eigenvalue weighted by Gasteiger charge is 2.16. The van der Waals surface area contributed by atoms with E-state index in [2.05, 4.69) is 10.6 Å². The van der Waals surface area contributed by atoms with Crippen molar-refractivity contribution in [2.24, 2.45) is 10.3 Å². The number of sulfonamides is 2. The molecule has 0 saturated carbocycles. The molecule has 2 amide bonds. The summed E-state index contributed by atoms with van der Waals surface area (Å²) < 4.78 is 50.7. The summed E-state index contributed by atoms with van der Waals surface area (Å²) in [4.78, 5) is 25.5. The molecule has 0 fully saturated rings. The minimum atomic E-state index is -3.78. The van der Waals surface area contributed by atoms with Gasteiger partial charge in [-0.05, 0) is 66.4 Å². The lowest BCUT2D eigenvalue weighted by atomic mass is 10.1. The molecule has 0 bridgehead atoms. The molecule has 0 unspecified atom stereocenters. The van der Waals surface area contributed by atoms with Crippen LogP contribution in [0.25, 0.3) is 0 Å². The van der Waals surface area contributed by atoms with Gasteiger partial charge in [-0.15, -0.1) is 0 Å². The molecule has 11 nitrogen and oxygen atoms in total. The lowest BCUT2D eigenvalue weighted by Crippen LogP contribution is -2.28. The fraction of sp³-hybridized carbons (Fsp3) is 0.200. The number of amides is 2. The van der Waals surface area contributed by atoms with Crippen molar-refractivity contribution in [2.75, 3.05) is 20.2 Å². The number of hydrogen-bond donors (Lipinski definition) is 4. The SMILES string of the molecule is COc1ccc(C(=O)NCCc2ccc(S(N)(=O)=O)cc2)cc1C(=O)NCCc1ccc(S(N)(=O)=O)cc1. The summed E-state index contributed by atoms with van der Waals surface area (Å²) in [5.74, 6) is -0.531. The minimum Gasteiger partial charge on any atom is -0.496 e. The highest BCUT2D eigenvalue weighted by molar-refractivity contribution is 7.89. The van der Waals surface area contributed by atoms with Gasteiger partial charge in [-0.25, -0.2) is 27.1 Å². The van der Waals surface area contributed by atoms with Crippen molar-refractivity contribution in [3.05, 3.63) is 89.0 Å². The molecule has 202 valence electrons. The fourth-order valence-electron chi connectivity index (χ4n) is 3.56. The average molecular weight is 561 g/mol. The summed E-state index contributed by atoms with van der Waals surface area (Å²) in [6.45, 7) is 0.544. The number of ether oxygens (including phenoxy) is 1. The number of nitrogens with one attached hydrogen (secondary N) is 2. The quantitative estimate of drug-likeness (QED) is 0.268. The highest BCUT2D eigenvalue weighted by atomic mass is 32.2. The first-order valence-corrected chi connectivity index (χ1v) is 14.5. The van der Waals surface area contributed by atoms with Crippen LogP contribution in [0.1, 0.15) is 31.8 Å². The Morgan fingerprint density at radius 1 is 0.711 bits per heavy atom. The molecule has 38 heavy (non-hydrogen) atoms. The Labute approximate surface area is 221 Å². The summed E-state index contributed by atoms with van der Waals surface area (Å²) >= 11 is 0. The van der Waals surface area contributed by atoms with Gasteiger partial charge in [0.15, 0.2) is 0 Å². The van der Waals surface area contributed by atoms with Gasteiger partial charge in [-0.3, -0.25) is 9.59 Å². The molecule has 0 heterocycles. The van der Waals surface area contributed by atoms with Crippen LogP contribution in [0, 0.1) is 0 Å². The Morgan fingerprint density at radius 2 is 1.16 bits per heavy atom. The second kappa shape index (κ2) is 12.2. The number of carbonyl (C=O) groups is 2. The molecule has 13 heteroatoms. The minimum absolute atomic E-state index is 0.00469. The number of hydrogen-bond acceptors (Lipinski definition) is 7. The summed E-state index contributed by atoms with van der Waals surface area (Å²) in [6, 6.07) is 16.6. The van der Waals surface area contributed by atoms with E-state index < -0.39 is 31.9 Å². The van der Waals surface area contributed by atoms with E-state index in [0.29, 0.717) is 18.6 Å². The smallest absolute Gasteiger partial charge is 0.255 e. The van der Waals surface area contributed by atoms with Gasteiger partial charge >= 0.3 is 0 Å². The number of primary sulfonamides is 2. The standard InChI is InChI=1S/C25H28N4O7S2/c1-36-23-11-6-19(24(30)28-14-12-17-2-7-20(8-3-17)37(26,32)33)16-22(23)25(31)29-15-13-18-4-9-21(10-5-18)38(27,34)35/h2-11,16H,12-15H2,1H3,(H,28,30)(H,29,31)(H2,26,32,33)(H2,27,34,35). The second-order valence-electron chi connectivity index (χ2n) is 8.30. The lowest BCUT2D eigenvalue weighted by molar-refractivity contribution is 0.0951. The maximum absolute atomic E-state index is 12.8. The van der Waals surface area contributed by atoms with Crippen LogP contribution in [0.15, 0.2) is 76.5 Å². The number of carbonyl (C=O) groups excluding carboxylic acids is 2. The normalized spacial score (nSPS) is 11.6. The molecule has 3 aromatic carbocycles. The number of rotatable bonds is 11. The zero-order valence-electron chi connectivity index (χ0n) is 20.5. The van der Waals surface area contributed by atoms with Crippen LogP contribution in [-0.2, 0) is 32.9 Å². The Balaban J connectivity index is 1.57. The van der Waals surface area contributed by atoms with E-state index in [9.17, 15) is 26.4 Å². The third-order valence-electron chi connectivity index (χ3n) is 5.61. The third kappa shape index (κ3) is 7.86. The zero-order valence-corrected chi connectivity index (χ0v) is 22.1. The van der Waals surface area contributed by atoms with Crippen molar-refractivity contribution >= 4 is 31.9 Å². The summed E-state index contributed by atoms with van der Waals surface area (Å²) in [5.41, 5.74) is 2.06. The molecule has 0 saturated heterocycles. The zero-order chi connectivity index (χ0) is 27.9. The Hall–Kier alpha value is -3.78. The molecule has 3 rings (SSSR count). The predicted octanol–water partition coefficient (Wildman–Crippen LogP) is 0.935. The van der Waals surface area contributed by atoms with E-state index in [0.717, 1.165) is 11.1 Å². The van der Waals surface area contributed by atoms with E-state index in [1.807, 2.05) is 0 Å². The second-order valence-corrected chi connectivity index (χ2v) is 11.4. The van der Waals surface area contributed by atoms with Gasteiger partial charge in [0.05, 0.1) is 22.5 Å². The molecule has 6 N–H and O–H groups in total. The number of nitrogens with two attached hydrogens (primary N) is 2. The molecule has 3 aromatic rings. The Morgan fingerprint density at radius 3 is 1.58 bits per heavy atom. The van der Waals surface area contributed by atoms with Crippen molar-refractivity contribution in [1.29, 1.82) is 0 Å². The molecule has 0 aliphatic carbocycles. The van der Waals surface area contributed by atoms with Gasteiger partial charge in [0.1, 0.15) is 5.75 Å². The van der Waals surface area contributed by atoms with Crippen LogP contribution in [-0.4, -0.2) is 48.8 Å². The van der Waals surface area contributed by atoms with Gasteiger partial charge in [0.2, 0.25) is 20.0 Å². The maximum atomic E-state index is 12.8. The van der Waals surface area contributed by atoms with Gasteiger partial charge < -0.3 is 15.4 Å². The molecule has 0 radical (unpaired) electrons. The molecule has 0 aliphatic heterocycles. The molecule has 0 aromatic heterocycles. The monoisotopic (exact) mass is 560 g/mol. The number of benzene rings is 3. The van der Waals surface area contributed by atoms with E-state index in [1.165, 1.54) is 43.5 Å². The summed E-state index contributed by atoms with van der Waals surface area (Å²) in [7, 11) is -6.13. The predicted molar refractivity (Wildman–Crippen MR) is 141 cm³/mol. The van der Waals surface area contributed by atoms with Crippen molar-refractivity contribution < 1.29 is 31.2 Å². The van der Waals surface area contributed by atoms with E-state index in [-0.39, 0.29) is 34.0 Å². The van der Waals surface area contributed by atoms with Crippen LogP contribution >= 0.6 is 0 Å². The highest BCUT2D eigenvalue weighted by Crippen LogP contribution is 2.20. The van der Waals surface area contributed by atoms with E-state index >= 15 is 0 Å². The first-order valence-electron chi connectivity index (χ1n) is 11.4. The first kappa shape index (κ1) is 28.8. The van der Waals surface area contributed by atoms with Gasteiger partial charge in [-0.2, -0.15) is 0 Å². The largest absolute Gasteiger partial charge is 0.496 e.